The fourth-order valence-corrected chi connectivity index (χ4v) is 5.80. The van der Waals surface area contributed by atoms with Gasteiger partial charge >= 0.3 is 0 Å². The summed E-state index contributed by atoms with van der Waals surface area (Å²) in [7, 11) is -3.01. The highest BCUT2D eigenvalue weighted by atomic mass is 32.2. The zero-order valence-corrected chi connectivity index (χ0v) is 14.0. The molecule has 2 rings (SSSR count). The molecule has 5 nitrogen and oxygen atoms in total. The lowest BCUT2D eigenvalue weighted by molar-refractivity contribution is 0.0228. The summed E-state index contributed by atoms with van der Waals surface area (Å²) in [6, 6.07) is 0. The maximum atomic E-state index is 11.9. The van der Waals surface area contributed by atoms with Gasteiger partial charge in [0.25, 0.3) is 0 Å². The quantitative estimate of drug-likeness (QED) is 0.771. The molecule has 0 aromatic carbocycles. The van der Waals surface area contributed by atoms with Crippen LogP contribution in [-0.4, -0.2) is 74.8 Å². The molecule has 7 heteroatoms. The van der Waals surface area contributed by atoms with Crippen LogP contribution in [-0.2, 0) is 14.6 Å². The number of hydrogen-bond acceptors (Lipinski definition) is 6. The monoisotopic (exact) mass is 322 g/mol. The first-order valence-corrected chi connectivity index (χ1v) is 10.5. The molecule has 2 aliphatic rings. The van der Waals surface area contributed by atoms with E-state index in [0.717, 1.165) is 44.8 Å². The lowest BCUT2D eigenvalue weighted by Crippen LogP contribution is -2.49. The SMILES string of the molecule is CCNCC1CCC(CN2CCSCC2S(C)(=O)=O)O1. The summed E-state index contributed by atoms with van der Waals surface area (Å²) in [4.78, 5) is 2.10. The minimum atomic E-state index is -3.01. The Labute approximate surface area is 126 Å². The fourth-order valence-electron chi connectivity index (χ4n) is 2.85. The highest BCUT2D eigenvalue weighted by molar-refractivity contribution is 8.00. The van der Waals surface area contributed by atoms with Crippen molar-refractivity contribution in [2.75, 3.05) is 43.9 Å². The highest BCUT2D eigenvalue weighted by Gasteiger charge is 2.34. The maximum Gasteiger partial charge on any atom is 0.164 e. The summed E-state index contributed by atoms with van der Waals surface area (Å²) >= 11 is 1.73. The Bertz CT molecular complexity index is 402. The third-order valence-corrected chi connectivity index (χ3v) is 6.63. The Balaban J connectivity index is 1.85. The lowest BCUT2D eigenvalue weighted by atomic mass is 10.2. The fraction of sp³-hybridized carbons (Fsp3) is 1.00. The summed E-state index contributed by atoms with van der Waals surface area (Å²) < 4.78 is 29.8. The van der Waals surface area contributed by atoms with Crippen LogP contribution in [0.2, 0.25) is 0 Å². The van der Waals surface area contributed by atoms with Crippen molar-refractivity contribution in [2.45, 2.75) is 37.3 Å². The molecule has 0 saturated carbocycles. The van der Waals surface area contributed by atoms with E-state index in [1.807, 2.05) is 0 Å². The van der Waals surface area contributed by atoms with Gasteiger partial charge in [-0.25, -0.2) is 8.42 Å². The van der Waals surface area contributed by atoms with Gasteiger partial charge in [-0.1, -0.05) is 6.92 Å². The van der Waals surface area contributed by atoms with Crippen molar-refractivity contribution in [1.82, 2.24) is 10.2 Å². The second-order valence-electron chi connectivity index (χ2n) is 5.62. The Kier molecular flexibility index (Phi) is 6.16. The zero-order chi connectivity index (χ0) is 14.6. The van der Waals surface area contributed by atoms with Crippen molar-refractivity contribution in [3.63, 3.8) is 0 Å². The number of thioether (sulfide) groups is 1. The van der Waals surface area contributed by atoms with Crippen LogP contribution in [0.4, 0.5) is 0 Å². The Hall–Kier alpha value is 0.180. The number of sulfone groups is 1. The standard InChI is InChI=1S/C13H26N2O3S2/c1-3-14-8-11-4-5-12(18-11)9-15-6-7-19-10-13(15)20(2,16)17/h11-14H,3-10H2,1-2H3. The summed E-state index contributed by atoms with van der Waals surface area (Å²) in [6.07, 6.45) is 3.93. The number of nitrogens with zero attached hydrogens (tertiary/aromatic N) is 1. The molecule has 1 N–H and O–H groups in total. The van der Waals surface area contributed by atoms with Crippen molar-refractivity contribution < 1.29 is 13.2 Å². The number of nitrogens with one attached hydrogen (secondary N) is 1. The van der Waals surface area contributed by atoms with Gasteiger partial charge in [-0.2, -0.15) is 11.8 Å². The van der Waals surface area contributed by atoms with Gasteiger partial charge in [0, 0.05) is 37.4 Å². The van der Waals surface area contributed by atoms with E-state index in [1.54, 1.807) is 11.8 Å². The Morgan fingerprint density at radius 3 is 2.80 bits per heavy atom. The van der Waals surface area contributed by atoms with Gasteiger partial charge in [0.2, 0.25) is 0 Å². The molecule has 0 aliphatic carbocycles. The lowest BCUT2D eigenvalue weighted by Gasteiger charge is -2.35. The summed E-state index contributed by atoms with van der Waals surface area (Å²) in [5.41, 5.74) is 0. The van der Waals surface area contributed by atoms with Crippen LogP contribution >= 0.6 is 11.8 Å². The van der Waals surface area contributed by atoms with E-state index in [9.17, 15) is 8.42 Å². The average Bonchev–Trinajstić information content (AvgIpc) is 2.83. The van der Waals surface area contributed by atoms with Crippen molar-refractivity contribution in [3.8, 4) is 0 Å². The molecule has 0 amide bonds. The topological polar surface area (TPSA) is 58.6 Å². The molecule has 0 spiro atoms. The second kappa shape index (κ2) is 7.45. The van der Waals surface area contributed by atoms with E-state index in [1.165, 1.54) is 6.26 Å². The minimum absolute atomic E-state index is 0.186. The molecule has 118 valence electrons. The van der Waals surface area contributed by atoms with Gasteiger partial charge in [0.15, 0.2) is 9.84 Å². The van der Waals surface area contributed by atoms with Crippen LogP contribution in [0.25, 0.3) is 0 Å². The normalized spacial score (nSPS) is 32.6. The Morgan fingerprint density at radius 2 is 2.10 bits per heavy atom. The van der Waals surface area contributed by atoms with Crippen LogP contribution < -0.4 is 5.32 Å². The second-order valence-corrected chi connectivity index (χ2v) is 8.97. The summed E-state index contributed by atoms with van der Waals surface area (Å²) in [5.74, 6) is 1.70. The highest BCUT2D eigenvalue weighted by Crippen LogP contribution is 2.25. The first kappa shape index (κ1) is 16.5. The third kappa shape index (κ3) is 4.59. The first-order valence-electron chi connectivity index (χ1n) is 7.37. The molecule has 2 heterocycles. The maximum absolute atomic E-state index is 11.9. The Morgan fingerprint density at radius 1 is 1.35 bits per heavy atom. The van der Waals surface area contributed by atoms with Crippen molar-refractivity contribution in [1.29, 1.82) is 0 Å². The average molecular weight is 322 g/mol. The predicted octanol–water partition coefficient (Wildman–Crippen LogP) is 0.563. The van der Waals surface area contributed by atoms with Gasteiger partial charge in [-0.15, -0.1) is 0 Å². The number of rotatable bonds is 6. The van der Waals surface area contributed by atoms with Gasteiger partial charge in [-0.05, 0) is 19.4 Å². The molecule has 3 unspecified atom stereocenters. The van der Waals surface area contributed by atoms with Crippen LogP contribution in [0.1, 0.15) is 19.8 Å². The summed E-state index contributed by atoms with van der Waals surface area (Å²) in [5, 5.41) is 2.97. The van der Waals surface area contributed by atoms with Gasteiger partial charge in [0.1, 0.15) is 5.37 Å². The van der Waals surface area contributed by atoms with Crippen LogP contribution in [0.5, 0.6) is 0 Å². The van der Waals surface area contributed by atoms with Crippen LogP contribution in [0, 0.1) is 0 Å². The van der Waals surface area contributed by atoms with E-state index in [2.05, 4.69) is 17.1 Å². The smallest absolute Gasteiger partial charge is 0.164 e. The molecule has 2 saturated heterocycles. The van der Waals surface area contributed by atoms with Gasteiger partial charge in [-0.3, -0.25) is 4.90 Å². The summed E-state index contributed by atoms with van der Waals surface area (Å²) in [6.45, 7) is 5.55. The number of likely N-dealkylation sites (N-methyl/N-ethyl adjacent to an activating group) is 1. The van der Waals surface area contributed by atoms with E-state index in [-0.39, 0.29) is 17.6 Å². The molecule has 2 fully saturated rings. The van der Waals surface area contributed by atoms with Crippen molar-refractivity contribution >= 4 is 21.6 Å². The van der Waals surface area contributed by atoms with Gasteiger partial charge < -0.3 is 10.1 Å². The number of hydrogen-bond donors (Lipinski definition) is 1. The molecule has 0 aromatic rings. The van der Waals surface area contributed by atoms with Crippen molar-refractivity contribution in [3.05, 3.63) is 0 Å². The predicted molar refractivity (Wildman–Crippen MR) is 84.0 cm³/mol. The van der Waals surface area contributed by atoms with Gasteiger partial charge in [0.05, 0.1) is 12.2 Å². The van der Waals surface area contributed by atoms with E-state index in [4.69, 9.17) is 4.74 Å². The van der Waals surface area contributed by atoms with Crippen LogP contribution in [0.15, 0.2) is 0 Å². The molecule has 2 aliphatic heterocycles. The largest absolute Gasteiger partial charge is 0.372 e. The molecular formula is C13H26N2O3S2. The zero-order valence-electron chi connectivity index (χ0n) is 12.4. The molecule has 0 bridgehead atoms. The molecule has 0 aromatic heterocycles. The first-order chi connectivity index (χ1) is 9.50. The third-order valence-electron chi connectivity index (χ3n) is 3.94. The molecule has 0 radical (unpaired) electrons. The number of ether oxygens (including phenoxy) is 1. The van der Waals surface area contributed by atoms with Crippen LogP contribution in [0.3, 0.4) is 0 Å². The van der Waals surface area contributed by atoms with E-state index < -0.39 is 9.84 Å². The minimum Gasteiger partial charge on any atom is -0.372 e. The van der Waals surface area contributed by atoms with Crippen molar-refractivity contribution in [2.24, 2.45) is 0 Å². The molecular weight excluding hydrogens is 296 g/mol. The van der Waals surface area contributed by atoms with E-state index >= 15 is 0 Å². The molecule has 3 atom stereocenters. The molecule has 20 heavy (non-hydrogen) atoms. The van der Waals surface area contributed by atoms with E-state index in [0.29, 0.717) is 5.75 Å².